The Morgan fingerprint density at radius 3 is 2.67 bits per heavy atom. The molecule has 158 valence electrons. The minimum atomic E-state index is -4.47. The third-order valence-corrected chi connectivity index (χ3v) is 4.73. The third kappa shape index (κ3) is 4.71. The van der Waals surface area contributed by atoms with Crippen molar-refractivity contribution >= 4 is 5.91 Å². The van der Waals surface area contributed by atoms with E-state index in [1.54, 1.807) is 42.0 Å². The van der Waals surface area contributed by atoms with Crippen molar-refractivity contribution in [3.05, 3.63) is 72.3 Å². The molecule has 0 radical (unpaired) electrons. The van der Waals surface area contributed by atoms with Gasteiger partial charge in [0.1, 0.15) is 5.69 Å². The standard InChI is InChI=1S/C22H22F3N3O2/c1-3-16(13-30-2)27-21(29)20-12-26-14-28(20)17-8-6-7-15(11-17)18-9-4-5-10-19(18)22(23,24)25/h4-12,14,16H,3,13H2,1-2H3,(H,27,29)/t16-/m0/s1. The number of hydrogen-bond acceptors (Lipinski definition) is 3. The molecule has 0 bridgehead atoms. The highest BCUT2D eigenvalue weighted by molar-refractivity contribution is 5.93. The molecule has 1 N–H and O–H groups in total. The summed E-state index contributed by atoms with van der Waals surface area (Å²) in [6, 6.07) is 11.8. The van der Waals surface area contributed by atoms with E-state index in [-0.39, 0.29) is 23.2 Å². The number of methoxy groups -OCH3 is 1. The van der Waals surface area contributed by atoms with Gasteiger partial charge >= 0.3 is 6.18 Å². The van der Waals surface area contributed by atoms with Crippen molar-refractivity contribution in [3.8, 4) is 16.8 Å². The predicted molar refractivity (Wildman–Crippen MR) is 107 cm³/mol. The number of nitrogens with one attached hydrogen (secondary N) is 1. The molecule has 0 spiro atoms. The average Bonchev–Trinajstić information content (AvgIpc) is 3.23. The molecular weight excluding hydrogens is 395 g/mol. The summed E-state index contributed by atoms with van der Waals surface area (Å²) in [6.07, 6.45) is -0.896. The van der Waals surface area contributed by atoms with Gasteiger partial charge in [0.2, 0.25) is 0 Å². The lowest BCUT2D eigenvalue weighted by Crippen LogP contribution is -2.38. The number of carbonyl (C=O) groups excluding carboxylic acids is 1. The summed E-state index contributed by atoms with van der Waals surface area (Å²) < 4.78 is 46.9. The van der Waals surface area contributed by atoms with Gasteiger partial charge < -0.3 is 10.1 Å². The monoisotopic (exact) mass is 417 g/mol. The summed E-state index contributed by atoms with van der Waals surface area (Å²) in [5.74, 6) is -0.336. The molecule has 1 aromatic heterocycles. The molecule has 8 heteroatoms. The number of amides is 1. The van der Waals surface area contributed by atoms with Crippen molar-refractivity contribution in [2.75, 3.05) is 13.7 Å². The maximum Gasteiger partial charge on any atom is 0.417 e. The van der Waals surface area contributed by atoms with E-state index in [1.165, 1.54) is 24.7 Å². The van der Waals surface area contributed by atoms with Crippen LogP contribution < -0.4 is 5.32 Å². The van der Waals surface area contributed by atoms with Crippen molar-refractivity contribution in [1.29, 1.82) is 0 Å². The van der Waals surface area contributed by atoms with Gasteiger partial charge in [-0.3, -0.25) is 9.36 Å². The molecule has 1 heterocycles. The molecule has 30 heavy (non-hydrogen) atoms. The highest BCUT2D eigenvalue weighted by Gasteiger charge is 2.33. The van der Waals surface area contributed by atoms with E-state index in [0.29, 0.717) is 24.3 Å². The van der Waals surface area contributed by atoms with Crippen molar-refractivity contribution in [1.82, 2.24) is 14.9 Å². The van der Waals surface area contributed by atoms with Crippen LogP contribution in [-0.2, 0) is 10.9 Å². The molecule has 0 aliphatic carbocycles. The zero-order valence-electron chi connectivity index (χ0n) is 16.6. The second kappa shape index (κ2) is 9.13. The van der Waals surface area contributed by atoms with Crippen LogP contribution in [0.1, 0.15) is 29.4 Å². The normalized spacial score (nSPS) is 12.6. The number of carbonyl (C=O) groups is 1. The molecule has 5 nitrogen and oxygen atoms in total. The molecule has 3 rings (SSSR count). The molecule has 0 saturated heterocycles. The van der Waals surface area contributed by atoms with E-state index in [4.69, 9.17) is 4.74 Å². The molecule has 0 fully saturated rings. The number of imidazole rings is 1. The van der Waals surface area contributed by atoms with Crippen LogP contribution in [0.4, 0.5) is 13.2 Å². The number of rotatable bonds is 7. The lowest BCUT2D eigenvalue weighted by Gasteiger charge is -2.17. The first-order valence-corrected chi connectivity index (χ1v) is 9.44. The molecule has 0 aliphatic rings. The molecule has 1 atom stereocenters. The first-order valence-electron chi connectivity index (χ1n) is 9.44. The second-order valence-corrected chi connectivity index (χ2v) is 6.78. The molecule has 1 amide bonds. The Morgan fingerprint density at radius 1 is 1.20 bits per heavy atom. The van der Waals surface area contributed by atoms with Crippen LogP contribution in [0.25, 0.3) is 16.8 Å². The molecule has 3 aromatic rings. The van der Waals surface area contributed by atoms with E-state index < -0.39 is 11.7 Å². The Bertz CT molecular complexity index is 1010. The number of ether oxygens (including phenoxy) is 1. The minimum Gasteiger partial charge on any atom is -0.383 e. The van der Waals surface area contributed by atoms with Crippen molar-refractivity contribution in [3.63, 3.8) is 0 Å². The predicted octanol–water partition coefficient (Wildman–Crippen LogP) is 4.71. The number of benzene rings is 2. The van der Waals surface area contributed by atoms with Crippen LogP contribution in [0.15, 0.2) is 61.1 Å². The van der Waals surface area contributed by atoms with Crippen molar-refractivity contribution in [2.45, 2.75) is 25.6 Å². The Kier molecular flexibility index (Phi) is 6.56. The van der Waals surface area contributed by atoms with Crippen LogP contribution in [0.3, 0.4) is 0 Å². The van der Waals surface area contributed by atoms with E-state index in [1.807, 2.05) is 6.92 Å². The van der Waals surface area contributed by atoms with Gasteiger partial charge in [-0.25, -0.2) is 4.98 Å². The minimum absolute atomic E-state index is 0.0732. The number of halogens is 3. The van der Waals surface area contributed by atoms with Crippen LogP contribution in [0.5, 0.6) is 0 Å². The summed E-state index contributed by atoms with van der Waals surface area (Å²) in [5.41, 5.74) is 0.573. The summed E-state index contributed by atoms with van der Waals surface area (Å²) in [6.45, 7) is 2.31. The topological polar surface area (TPSA) is 56.1 Å². The van der Waals surface area contributed by atoms with Gasteiger partial charge in [0.25, 0.3) is 5.91 Å². The zero-order chi connectivity index (χ0) is 21.7. The highest BCUT2D eigenvalue weighted by atomic mass is 19.4. The second-order valence-electron chi connectivity index (χ2n) is 6.78. The van der Waals surface area contributed by atoms with Crippen LogP contribution in [0.2, 0.25) is 0 Å². The Hall–Kier alpha value is -3.13. The van der Waals surface area contributed by atoms with Crippen LogP contribution in [-0.4, -0.2) is 35.2 Å². The van der Waals surface area contributed by atoms with Crippen molar-refractivity contribution in [2.24, 2.45) is 0 Å². The molecule has 0 aliphatic heterocycles. The average molecular weight is 417 g/mol. The van der Waals surface area contributed by atoms with Crippen molar-refractivity contribution < 1.29 is 22.7 Å². The smallest absolute Gasteiger partial charge is 0.383 e. The SMILES string of the molecule is CC[C@@H](COC)NC(=O)c1cncn1-c1cccc(-c2ccccc2C(F)(F)F)c1. The van der Waals surface area contributed by atoms with Gasteiger partial charge in [0.15, 0.2) is 0 Å². The van der Waals surface area contributed by atoms with Gasteiger partial charge in [-0.05, 0) is 35.7 Å². The zero-order valence-corrected chi connectivity index (χ0v) is 16.6. The summed E-state index contributed by atoms with van der Waals surface area (Å²) in [4.78, 5) is 16.8. The Balaban J connectivity index is 1.96. The fourth-order valence-electron chi connectivity index (χ4n) is 3.20. The maximum absolute atomic E-state index is 13.4. The van der Waals surface area contributed by atoms with E-state index in [9.17, 15) is 18.0 Å². The number of alkyl halides is 3. The fraction of sp³-hybridized carbons (Fsp3) is 0.273. The largest absolute Gasteiger partial charge is 0.417 e. The van der Waals surface area contributed by atoms with Gasteiger partial charge in [-0.2, -0.15) is 13.2 Å². The molecular formula is C22H22F3N3O2. The maximum atomic E-state index is 13.4. The third-order valence-electron chi connectivity index (χ3n) is 4.73. The lowest BCUT2D eigenvalue weighted by atomic mass is 9.99. The van der Waals surface area contributed by atoms with Gasteiger partial charge in [0.05, 0.1) is 30.7 Å². The summed E-state index contributed by atoms with van der Waals surface area (Å²) in [7, 11) is 1.56. The van der Waals surface area contributed by atoms with Crippen LogP contribution >= 0.6 is 0 Å². The molecule has 2 aromatic carbocycles. The number of aromatic nitrogens is 2. The van der Waals surface area contributed by atoms with Gasteiger partial charge in [-0.15, -0.1) is 0 Å². The number of hydrogen-bond donors (Lipinski definition) is 1. The number of nitrogens with zero attached hydrogens (tertiary/aromatic N) is 2. The fourth-order valence-corrected chi connectivity index (χ4v) is 3.20. The van der Waals surface area contributed by atoms with E-state index in [0.717, 1.165) is 6.07 Å². The molecule has 0 unspecified atom stereocenters. The van der Waals surface area contributed by atoms with Gasteiger partial charge in [-0.1, -0.05) is 37.3 Å². The summed E-state index contributed by atoms with van der Waals surface area (Å²) >= 11 is 0. The van der Waals surface area contributed by atoms with Gasteiger partial charge in [0, 0.05) is 12.8 Å². The van der Waals surface area contributed by atoms with E-state index >= 15 is 0 Å². The first-order chi connectivity index (χ1) is 14.3. The van der Waals surface area contributed by atoms with Crippen LogP contribution in [0, 0.1) is 0 Å². The lowest BCUT2D eigenvalue weighted by molar-refractivity contribution is -0.137. The summed E-state index contributed by atoms with van der Waals surface area (Å²) in [5, 5.41) is 2.88. The Labute approximate surface area is 172 Å². The highest BCUT2D eigenvalue weighted by Crippen LogP contribution is 2.37. The van der Waals surface area contributed by atoms with E-state index in [2.05, 4.69) is 10.3 Å². The first kappa shape index (κ1) is 21.6. The Morgan fingerprint density at radius 2 is 1.97 bits per heavy atom. The molecule has 0 saturated carbocycles. The quantitative estimate of drug-likeness (QED) is 0.606.